The summed E-state index contributed by atoms with van der Waals surface area (Å²) in [6.07, 6.45) is 13.7. The van der Waals surface area contributed by atoms with Gasteiger partial charge < -0.3 is 0 Å². The molecule has 2 heteroatoms. The Bertz CT molecular complexity index is 63.6. The summed E-state index contributed by atoms with van der Waals surface area (Å²) >= 11 is 0. The molecule has 0 aliphatic heterocycles. The number of unbranched alkanes of at least 4 members (excludes halogenated alkanes) is 6. The molecule has 0 bridgehead atoms. The second-order valence-electron chi connectivity index (χ2n) is 5.12. The predicted molar refractivity (Wildman–Crippen MR) is 137 cm³/mol. The first-order chi connectivity index (χ1) is 11.5. The van der Waals surface area contributed by atoms with E-state index in [9.17, 15) is 0 Å². The maximum absolute atomic E-state index is 3.60. The Labute approximate surface area is 209 Å². The van der Waals surface area contributed by atoms with Crippen molar-refractivity contribution in [2.75, 3.05) is 0 Å². The monoisotopic (exact) mass is 586 g/mol. The maximum Gasteiger partial charge on any atom is 0 e. The molecule has 0 saturated carbocycles. The third kappa shape index (κ3) is 268. The van der Waals surface area contributed by atoms with Gasteiger partial charge in [-0.25, -0.2) is 0 Å². The average Bonchev–Trinajstić information content (AvgIpc) is 2.68. The van der Waals surface area contributed by atoms with Crippen LogP contribution in [0.5, 0.6) is 0 Å². The van der Waals surface area contributed by atoms with Gasteiger partial charge in [0.2, 0.25) is 0 Å². The molecule has 0 N–H and O–H groups in total. The van der Waals surface area contributed by atoms with E-state index in [4.69, 9.17) is 0 Å². The zero-order valence-electron chi connectivity index (χ0n) is 19.7. The normalized spacial score (nSPS) is 6.92. The summed E-state index contributed by atoms with van der Waals surface area (Å²) in [5.41, 5.74) is 0. The smallest absolute Gasteiger partial charge is 0 e. The van der Waals surface area contributed by atoms with Gasteiger partial charge in [-0.3, -0.25) is 0 Å². The minimum Gasteiger partial charge on any atom is -0.0654 e. The van der Waals surface area contributed by atoms with Crippen LogP contribution in [0.1, 0.15) is 121 Å². The fraction of sp³-hybridized carbons (Fsp3) is 0.750. The molecule has 0 aromatic rings. The van der Waals surface area contributed by atoms with Crippen LogP contribution in [-0.2, 0) is 0 Å². The van der Waals surface area contributed by atoms with Crippen molar-refractivity contribution in [3.63, 3.8) is 0 Å². The second-order valence-corrected chi connectivity index (χ2v) is 5.12. The molecule has 0 amide bonds. The Hall–Kier alpha value is 1.60. The Morgan fingerprint density at radius 3 is 0.385 bits per heavy atom. The van der Waals surface area contributed by atoms with E-state index in [-0.39, 0.29) is 50.7 Å². The molecular formula is C24H58Sn2. The van der Waals surface area contributed by atoms with Crippen molar-refractivity contribution < 1.29 is 2.85 Å². The van der Waals surface area contributed by atoms with E-state index in [1.807, 2.05) is 0 Å². The van der Waals surface area contributed by atoms with E-state index in [1.165, 1.54) is 38.5 Å². The molecule has 0 saturated heterocycles. The maximum atomic E-state index is 3.60. The van der Waals surface area contributed by atoms with E-state index in [2.05, 4.69) is 83.1 Å². The minimum absolute atomic E-state index is 0. The van der Waals surface area contributed by atoms with Crippen molar-refractivity contribution in [2.24, 2.45) is 0 Å². The summed E-state index contributed by atoms with van der Waals surface area (Å²) in [5.74, 6) is 0. The van der Waals surface area contributed by atoms with Crippen LogP contribution in [0.4, 0.5) is 0 Å². The summed E-state index contributed by atoms with van der Waals surface area (Å²) < 4.78 is 0. The topological polar surface area (TPSA) is 0 Å². The molecule has 26 heavy (non-hydrogen) atoms. The molecule has 0 aliphatic carbocycles. The summed E-state index contributed by atoms with van der Waals surface area (Å²) in [6, 6.07) is 0. The third-order valence-corrected chi connectivity index (χ3v) is 2.12. The van der Waals surface area contributed by atoms with Gasteiger partial charge in [-0.05, 0) is 0 Å². The van der Waals surface area contributed by atoms with Crippen LogP contribution in [0.15, 0.2) is 0 Å². The molecule has 0 aromatic heterocycles. The van der Waals surface area contributed by atoms with Crippen LogP contribution >= 0.6 is 0 Å². The number of rotatable bonds is 6. The quantitative estimate of drug-likeness (QED) is 0.273. The van der Waals surface area contributed by atoms with Crippen molar-refractivity contribution in [2.45, 2.75) is 119 Å². The van der Waals surface area contributed by atoms with Crippen LogP contribution in [0.3, 0.4) is 0 Å². The fourth-order valence-corrected chi connectivity index (χ4v) is 0. The third-order valence-electron chi connectivity index (χ3n) is 2.12. The first-order valence-corrected chi connectivity index (χ1v) is 10.2. The van der Waals surface area contributed by atoms with Crippen molar-refractivity contribution in [1.29, 1.82) is 0 Å². The SMILES string of the molecule is [CH2]CCC.[CH2]CCC.[CH2]CCC.[CH2]CCC.[CH2]CCC.[CH2]CCC.[HH].[HH].[Sn].[Sn]. The summed E-state index contributed by atoms with van der Waals surface area (Å²) in [5, 5.41) is 0. The standard InChI is InChI=1S/6C4H9.2Sn.2H2/c6*1-3-4-2;;;;/h6*1,3-4H2,2H3;;;2*1H. The summed E-state index contributed by atoms with van der Waals surface area (Å²) in [4.78, 5) is 0. The molecule has 0 aromatic carbocycles. The van der Waals surface area contributed by atoms with Gasteiger partial charge in [0.1, 0.15) is 0 Å². The molecule has 0 nitrogen and oxygen atoms in total. The second kappa shape index (κ2) is 94.3. The van der Waals surface area contributed by atoms with Gasteiger partial charge in [0, 0.05) is 50.7 Å². The van der Waals surface area contributed by atoms with Gasteiger partial charge in [0.25, 0.3) is 0 Å². The largest absolute Gasteiger partial charge is 0.0654 e. The summed E-state index contributed by atoms with van der Waals surface area (Å²) in [6.45, 7) is 34.3. The van der Waals surface area contributed by atoms with Crippen molar-refractivity contribution in [3.8, 4) is 0 Å². The zero-order valence-corrected chi connectivity index (χ0v) is 25.4. The van der Waals surface area contributed by atoms with Gasteiger partial charge in [-0.1, -0.05) is 160 Å². The first kappa shape index (κ1) is 50.8. The molecule has 0 fully saturated rings. The Morgan fingerprint density at radius 1 is 0.346 bits per heavy atom. The summed E-state index contributed by atoms with van der Waals surface area (Å²) in [7, 11) is 0. The van der Waals surface area contributed by atoms with Crippen molar-refractivity contribution >= 4 is 47.8 Å². The first-order valence-electron chi connectivity index (χ1n) is 10.2. The number of hydrogen-bond donors (Lipinski definition) is 0. The van der Waals surface area contributed by atoms with Crippen LogP contribution in [0, 0.1) is 41.5 Å². The Morgan fingerprint density at radius 2 is 0.385 bits per heavy atom. The molecule has 162 valence electrons. The Balaban J connectivity index is -0.0000000169. The molecule has 0 atom stereocenters. The van der Waals surface area contributed by atoms with E-state index >= 15 is 0 Å². The van der Waals surface area contributed by atoms with Gasteiger partial charge in [0.15, 0.2) is 0 Å². The molecule has 0 aliphatic rings. The van der Waals surface area contributed by atoms with Crippen LogP contribution in [0.2, 0.25) is 0 Å². The molecule has 0 heterocycles. The minimum atomic E-state index is 0. The molecule has 0 rings (SSSR count). The van der Waals surface area contributed by atoms with E-state index in [0.717, 1.165) is 38.5 Å². The number of hydrogen-bond acceptors (Lipinski definition) is 0. The fourth-order valence-electron chi connectivity index (χ4n) is 0. The van der Waals surface area contributed by atoms with E-state index in [1.54, 1.807) is 0 Å². The van der Waals surface area contributed by atoms with Crippen LogP contribution < -0.4 is 0 Å². The van der Waals surface area contributed by atoms with Gasteiger partial charge in [-0.15, -0.1) is 0 Å². The van der Waals surface area contributed by atoms with E-state index < -0.39 is 0 Å². The van der Waals surface area contributed by atoms with Gasteiger partial charge >= 0.3 is 0 Å². The van der Waals surface area contributed by atoms with Gasteiger partial charge in [0.05, 0.1) is 0 Å². The average molecular weight is 584 g/mol. The zero-order chi connectivity index (χ0) is 20.5. The molecular weight excluding hydrogens is 526 g/mol. The molecule has 0 spiro atoms. The van der Waals surface area contributed by atoms with Crippen LogP contribution in [-0.4, -0.2) is 47.8 Å². The van der Waals surface area contributed by atoms with Gasteiger partial charge in [-0.2, -0.15) is 0 Å². The predicted octanol–water partition coefficient (Wildman–Crippen LogP) is 9.45. The molecule has 0 unspecified atom stereocenters. The van der Waals surface area contributed by atoms with E-state index in [0.29, 0.717) is 0 Å². The molecule has 14 radical (unpaired) electrons. The van der Waals surface area contributed by atoms with Crippen LogP contribution in [0.25, 0.3) is 0 Å². The van der Waals surface area contributed by atoms with Crippen molar-refractivity contribution in [1.82, 2.24) is 0 Å². The van der Waals surface area contributed by atoms with Crippen molar-refractivity contribution in [3.05, 3.63) is 41.5 Å². The Kier molecular flexibility index (Phi) is 184.